The molecule has 1 aliphatic heterocycles. The van der Waals surface area contributed by atoms with Crippen molar-refractivity contribution < 1.29 is 24.1 Å². The maximum Gasteiger partial charge on any atom is 0.225 e. The highest BCUT2D eigenvalue weighted by atomic mass is 16.5. The molecule has 2 aromatic rings. The minimum Gasteiger partial charge on any atom is -0.493 e. The summed E-state index contributed by atoms with van der Waals surface area (Å²) in [6.45, 7) is 3.30. The number of rotatable bonds is 8. The number of carbonyl (C=O) groups is 1. The summed E-state index contributed by atoms with van der Waals surface area (Å²) < 4.78 is 18.5. The van der Waals surface area contributed by atoms with E-state index in [1.165, 1.54) is 0 Å². The fourth-order valence-electron chi connectivity index (χ4n) is 3.81. The summed E-state index contributed by atoms with van der Waals surface area (Å²) in [7, 11) is 3.15. The molecule has 2 heterocycles. The van der Waals surface area contributed by atoms with Crippen molar-refractivity contribution in [3.63, 3.8) is 0 Å². The van der Waals surface area contributed by atoms with E-state index in [-0.39, 0.29) is 12.5 Å². The lowest BCUT2D eigenvalue weighted by Crippen LogP contribution is -2.49. The van der Waals surface area contributed by atoms with Crippen molar-refractivity contribution in [1.82, 2.24) is 14.5 Å². The van der Waals surface area contributed by atoms with Crippen LogP contribution in [0.15, 0.2) is 30.6 Å². The topological polar surface area (TPSA) is 86.1 Å². The van der Waals surface area contributed by atoms with Gasteiger partial charge in [0.15, 0.2) is 11.5 Å². The molecule has 8 heteroatoms. The van der Waals surface area contributed by atoms with Crippen LogP contribution in [0.3, 0.4) is 0 Å². The molecule has 8 nitrogen and oxygen atoms in total. The molecule has 2 unspecified atom stereocenters. The summed E-state index contributed by atoms with van der Waals surface area (Å²) in [5.74, 6) is 2.16. The van der Waals surface area contributed by atoms with Crippen LogP contribution in [-0.4, -0.2) is 65.5 Å². The number of ether oxygens (including phenoxy) is 3. The van der Waals surface area contributed by atoms with Crippen LogP contribution in [0.1, 0.15) is 30.8 Å². The van der Waals surface area contributed by atoms with E-state index in [4.69, 9.17) is 14.2 Å². The lowest BCUT2D eigenvalue weighted by Gasteiger charge is -2.41. The molecule has 0 spiro atoms. The number of morpholine rings is 1. The van der Waals surface area contributed by atoms with E-state index in [9.17, 15) is 9.90 Å². The van der Waals surface area contributed by atoms with Crippen LogP contribution in [-0.2, 0) is 22.5 Å². The van der Waals surface area contributed by atoms with Gasteiger partial charge in [-0.15, -0.1) is 0 Å². The Hall–Kier alpha value is -2.58. The first kappa shape index (κ1) is 21.1. The Labute approximate surface area is 171 Å². The predicted molar refractivity (Wildman–Crippen MR) is 107 cm³/mol. The molecular formula is C21H29N3O5. The van der Waals surface area contributed by atoms with Gasteiger partial charge in [-0.3, -0.25) is 4.79 Å². The van der Waals surface area contributed by atoms with Crippen molar-refractivity contribution in [2.24, 2.45) is 0 Å². The Bertz CT molecular complexity index is 822. The first-order chi connectivity index (χ1) is 14.1. The van der Waals surface area contributed by atoms with Crippen molar-refractivity contribution >= 4 is 5.91 Å². The number of aryl methyl sites for hydroxylation is 2. The Balaban J connectivity index is 1.82. The highest BCUT2D eigenvalue weighted by molar-refractivity contribution is 5.77. The number of hydrogen-bond acceptors (Lipinski definition) is 6. The number of imidazole rings is 1. The molecule has 0 saturated carbocycles. The first-order valence-corrected chi connectivity index (χ1v) is 9.86. The zero-order valence-electron chi connectivity index (χ0n) is 17.2. The van der Waals surface area contributed by atoms with Crippen LogP contribution in [0.2, 0.25) is 0 Å². The van der Waals surface area contributed by atoms with Crippen LogP contribution in [0.5, 0.6) is 11.5 Å². The van der Waals surface area contributed by atoms with Crippen LogP contribution in [0.25, 0.3) is 0 Å². The number of methoxy groups -OCH3 is 2. The normalized spacial score (nSPS) is 19.2. The van der Waals surface area contributed by atoms with Gasteiger partial charge in [0, 0.05) is 38.3 Å². The average molecular weight is 403 g/mol. The zero-order chi connectivity index (χ0) is 20.8. The SMILES string of the molecule is CCc1nccn1CCC(=O)N1CCOC(CO)C1c1ccc(OC)c(OC)c1. The molecule has 1 amide bonds. The highest BCUT2D eigenvalue weighted by Gasteiger charge is 2.36. The summed E-state index contributed by atoms with van der Waals surface area (Å²) in [5, 5.41) is 9.87. The van der Waals surface area contributed by atoms with Crippen molar-refractivity contribution in [2.45, 2.75) is 38.5 Å². The van der Waals surface area contributed by atoms with Gasteiger partial charge in [0.25, 0.3) is 0 Å². The first-order valence-electron chi connectivity index (χ1n) is 9.86. The van der Waals surface area contributed by atoms with Crippen LogP contribution >= 0.6 is 0 Å². The van der Waals surface area contributed by atoms with Crippen molar-refractivity contribution in [3.05, 3.63) is 42.0 Å². The molecule has 1 aliphatic rings. The summed E-state index contributed by atoms with van der Waals surface area (Å²) >= 11 is 0. The van der Waals surface area contributed by atoms with Crippen LogP contribution < -0.4 is 9.47 Å². The smallest absolute Gasteiger partial charge is 0.225 e. The second-order valence-corrected chi connectivity index (χ2v) is 6.88. The third kappa shape index (κ3) is 4.54. The van der Waals surface area contributed by atoms with E-state index in [1.807, 2.05) is 29.8 Å². The fourth-order valence-corrected chi connectivity index (χ4v) is 3.81. The monoisotopic (exact) mass is 403 g/mol. The molecule has 0 radical (unpaired) electrons. The Kier molecular flexibility index (Phi) is 7.11. The van der Waals surface area contributed by atoms with Crippen molar-refractivity contribution in [2.75, 3.05) is 34.0 Å². The lowest BCUT2D eigenvalue weighted by atomic mass is 9.97. The number of aliphatic hydroxyl groups excluding tert-OH is 1. The third-order valence-corrected chi connectivity index (χ3v) is 5.29. The lowest BCUT2D eigenvalue weighted by molar-refractivity contribution is -0.150. The summed E-state index contributed by atoms with van der Waals surface area (Å²) in [6, 6.07) is 5.13. The molecule has 1 fully saturated rings. The number of amides is 1. The quantitative estimate of drug-likeness (QED) is 0.724. The average Bonchev–Trinajstić information content (AvgIpc) is 3.23. The fraction of sp³-hybridized carbons (Fsp3) is 0.524. The summed E-state index contributed by atoms with van der Waals surface area (Å²) in [4.78, 5) is 19.2. The minimum absolute atomic E-state index is 0.0160. The van der Waals surface area contributed by atoms with E-state index < -0.39 is 12.1 Å². The number of aliphatic hydroxyl groups is 1. The van der Waals surface area contributed by atoms with E-state index in [2.05, 4.69) is 4.98 Å². The number of hydrogen-bond donors (Lipinski definition) is 1. The van der Waals surface area contributed by atoms with Gasteiger partial charge >= 0.3 is 0 Å². The van der Waals surface area contributed by atoms with E-state index >= 15 is 0 Å². The van der Waals surface area contributed by atoms with Gasteiger partial charge in [0.05, 0.1) is 33.5 Å². The molecule has 3 rings (SSSR count). The number of benzene rings is 1. The molecule has 0 aliphatic carbocycles. The molecule has 29 heavy (non-hydrogen) atoms. The molecule has 1 saturated heterocycles. The second kappa shape index (κ2) is 9.76. The minimum atomic E-state index is -0.495. The largest absolute Gasteiger partial charge is 0.493 e. The van der Waals surface area contributed by atoms with E-state index in [1.54, 1.807) is 31.4 Å². The third-order valence-electron chi connectivity index (χ3n) is 5.29. The van der Waals surface area contributed by atoms with Gasteiger partial charge < -0.3 is 28.8 Å². The molecule has 1 aromatic carbocycles. The standard InChI is InChI=1S/C21H29N3O5/c1-4-19-22-8-10-23(19)9-7-20(26)24-11-12-29-18(14-25)21(24)15-5-6-16(27-2)17(13-15)28-3/h5-6,8,10,13,18,21,25H,4,7,9,11-12,14H2,1-3H3. The molecule has 158 valence electrons. The van der Waals surface area contributed by atoms with Crippen molar-refractivity contribution in [1.29, 1.82) is 0 Å². The number of aromatic nitrogens is 2. The molecular weight excluding hydrogens is 374 g/mol. The molecule has 0 bridgehead atoms. The molecule has 1 aromatic heterocycles. The Morgan fingerprint density at radius 3 is 2.79 bits per heavy atom. The summed E-state index contributed by atoms with van der Waals surface area (Å²) in [6.07, 6.45) is 4.33. The number of carbonyl (C=O) groups excluding carboxylic acids is 1. The highest BCUT2D eigenvalue weighted by Crippen LogP contribution is 2.36. The van der Waals surface area contributed by atoms with Gasteiger partial charge in [0.2, 0.25) is 5.91 Å². The van der Waals surface area contributed by atoms with E-state index in [0.717, 1.165) is 17.8 Å². The van der Waals surface area contributed by atoms with Gasteiger partial charge in [0.1, 0.15) is 11.9 Å². The molecule has 1 N–H and O–H groups in total. The van der Waals surface area contributed by atoms with E-state index in [0.29, 0.717) is 37.6 Å². The van der Waals surface area contributed by atoms with Gasteiger partial charge in [-0.25, -0.2) is 4.98 Å². The summed E-state index contributed by atoms with van der Waals surface area (Å²) in [5.41, 5.74) is 0.839. The molecule has 2 atom stereocenters. The van der Waals surface area contributed by atoms with Gasteiger partial charge in [-0.2, -0.15) is 0 Å². The van der Waals surface area contributed by atoms with Gasteiger partial charge in [-0.05, 0) is 17.7 Å². The van der Waals surface area contributed by atoms with Crippen molar-refractivity contribution in [3.8, 4) is 11.5 Å². The maximum absolute atomic E-state index is 13.1. The zero-order valence-corrected chi connectivity index (χ0v) is 17.2. The van der Waals surface area contributed by atoms with Crippen LogP contribution in [0, 0.1) is 0 Å². The predicted octanol–water partition coefficient (Wildman–Crippen LogP) is 1.81. The maximum atomic E-state index is 13.1. The second-order valence-electron chi connectivity index (χ2n) is 6.88. The number of nitrogens with zero attached hydrogens (tertiary/aromatic N) is 3. The Morgan fingerprint density at radius 1 is 1.31 bits per heavy atom. The van der Waals surface area contributed by atoms with Crippen LogP contribution in [0.4, 0.5) is 0 Å². The Morgan fingerprint density at radius 2 is 2.10 bits per heavy atom. The van der Waals surface area contributed by atoms with Gasteiger partial charge in [-0.1, -0.05) is 13.0 Å².